The summed E-state index contributed by atoms with van der Waals surface area (Å²) >= 11 is 0. The molecule has 0 spiro atoms. The second-order valence-corrected chi connectivity index (χ2v) is 6.54. The van der Waals surface area contributed by atoms with Crippen molar-refractivity contribution in [2.75, 3.05) is 17.2 Å². The topological polar surface area (TPSA) is 138 Å². The number of rotatable bonds is 4. The summed E-state index contributed by atoms with van der Waals surface area (Å²) in [5.41, 5.74) is -0.271. The van der Waals surface area contributed by atoms with Crippen LogP contribution in [-0.2, 0) is 14.8 Å². The Kier molecular flexibility index (Phi) is 3.88. The normalized spacial score (nSPS) is 19.0. The van der Waals surface area contributed by atoms with E-state index in [1.807, 2.05) is 0 Å². The lowest BCUT2D eigenvalue weighted by atomic mass is 10.1. The van der Waals surface area contributed by atoms with Crippen molar-refractivity contribution >= 4 is 27.6 Å². The molecular weight excluding hydrogens is 300 g/mol. The maximum Gasteiger partial charge on any atom is 0.339 e. The first kappa shape index (κ1) is 15.3. The van der Waals surface area contributed by atoms with Gasteiger partial charge in [0.1, 0.15) is 5.56 Å². The number of sulfonamides is 1. The molecule has 4 N–H and O–H groups in total. The number of aromatic hydroxyl groups is 1. The van der Waals surface area contributed by atoms with Gasteiger partial charge in [-0.15, -0.1) is 0 Å². The lowest BCUT2D eigenvalue weighted by Gasteiger charge is -2.18. The van der Waals surface area contributed by atoms with Crippen LogP contribution in [0.2, 0.25) is 0 Å². The van der Waals surface area contributed by atoms with Gasteiger partial charge < -0.3 is 15.1 Å². The number of nitrogens with two attached hydrogens (primary N) is 1. The SMILES string of the molecule is NS(=O)(=O)CC1CC(=O)N(c2cccc(C(=O)O)c2O)C1. The summed E-state index contributed by atoms with van der Waals surface area (Å²) in [4.78, 5) is 24.1. The number of hydrogen-bond donors (Lipinski definition) is 3. The van der Waals surface area contributed by atoms with Gasteiger partial charge in [0, 0.05) is 18.9 Å². The first-order valence-electron chi connectivity index (χ1n) is 6.05. The number of hydrogen-bond acceptors (Lipinski definition) is 5. The lowest BCUT2D eigenvalue weighted by Crippen LogP contribution is -2.27. The molecule has 21 heavy (non-hydrogen) atoms. The molecule has 1 amide bonds. The fraction of sp³-hybridized carbons (Fsp3) is 0.333. The summed E-state index contributed by atoms with van der Waals surface area (Å²) in [6, 6.07) is 4.02. The molecule has 1 aliphatic heterocycles. The second kappa shape index (κ2) is 5.34. The number of amides is 1. The van der Waals surface area contributed by atoms with E-state index < -0.39 is 27.7 Å². The molecule has 1 saturated heterocycles. The Hall–Kier alpha value is -2.13. The average molecular weight is 314 g/mol. The van der Waals surface area contributed by atoms with E-state index >= 15 is 0 Å². The maximum atomic E-state index is 11.9. The Labute approximate surface area is 120 Å². The highest BCUT2D eigenvalue weighted by Gasteiger charge is 2.34. The minimum Gasteiger partial charge on any atom is -0.505 e. The van der Waals surface area contributed by atoms with Gasteiger partial charge in [-0.05, 0) is 12.1 Å². The number of phenols is 1. The number of anilines is 1. The fourth-order valence-corrected chi connectivity index (χ4v) is 3.26. The third-order valence-electron chi connectivity index (χ3n) is 3.21. The number of nitrogens with zero attached hydrogens (tertiary/aromatic N) is 1. The number of benzene rings is 1. The van der Waals surface area contributed by atoms with Crippen LogP contribution in [0.4, 0.5) is 5.69 Å². The summed E-state index contributed by atoms with van der Waals surface area (Å²) in [5, 5.41) is 23.8. The van der Waals surface area contributed by atoms with Gasteiger partial charge in [-0.25, -0.2) is 18.4 Å². The first-order chi connectivity index (χ1) is 9.69. The fourth-order valence-electron chi connectivity index (χ4n) is 2.38. The van der Waals surface area contributed by atoms with Crippen molar-refractivity contribution in [2.45, 2.75) is 6.42 Å². The number of para-hydroxylation sites is 1. The van der Waals surface area contributed by atoms with Crippen LogP contribution < -0.4 is 10.0 Å². The number of aromatic carboxylic acids is 1. The van der Waals surface area contributed by atoms with E-state index in [-0.39, 0.29) is 35.9 Å². The van der Waals surface area contributed by atoms with Gasteiger partial charge in [0.25, 0.3) is 0 Å². The standard InChI is InChI=1S/C12H14N2O6S/c13-21(19,20)6-7-4-10(15)14(5-7)9-3-1-2-8(11(9)16)12(17)18/h1-3,7,16H,4-6H2,(H,17,18)(H2,13,19,20). The predicted octanol–water partition coefficient (Wildman–Crippen LogP) is -0.268. The molecule has 1 unspecified atom stereocenters. The number of carbonyl (C=O) groups is 2. The largest absolute Gasteiger partial charge is 0.505 e. The van der Waals surface area contributed by atoms with Crippen LogP contribution in [-0.4, -0.2) is 42.8 Å². The van der Waals surface area contributed by atoms with E-state index in [9.17, 15) is 23.1 Å². The number of carboxylic acids is 1. The molecule has 1 aliphatic rings. The van der Waals surface area contributed by atoms with E-state index in [4.69, 9.17) is 10.2 Å². The van der Waals surface area contributed by atoms with Crippen LogP contribution in [0, 0.1) is 5.92 Å². The Balaban J connectivity index is 2.29. The highest BCUT2D eigenvalue weighted by Crippen LogP contribution is 2.35. The van der Waals surface area contributed by atoms with Gasteiger partial charge in [-0.2, -0.15) is 0 Å². The van der Waals surface area contributed by atoms with Gasteiger partial charge >= 0.3 is 5.97 Å². The zero-order chi connectivity index (χ0) is 15.8. The quantitative estimate of drug-likeness (QED) is 0.699. The van der Waals surface area contributed by atoms with Gasteiger partial charge in [0.15, 0.2) is 5.75 Å². The summed E-state index contributed by atoms with van der Waals surface area (Å²) in [6.45, 7) is 0.0614. The maximum absolute atomic E-state index is 11.9. The van der Waals surface area contributed by atoms with Crippen molar-refractivity contribution in [1.82, 2.24) is 0 Å². The number of carboxylic acid groups (broad SMARTS) is 1. The number of carbonyl (C=O) groups excluding carboxylic acids is 1. The Bertz CT molecular complexity index is 700. The van der Waals surface area contributed by atoms with Gasteiger partial charge in [-0.3, -0.25) is 4.79 Å². The Morgan fingerprint density at radius 3 is 2.67 bits per heavy atom. The molecule has 0 aliphatic carbocycles. The molecule has 0 bridgehead atoms. The van der Waals surface area contributed by atoms with E-state index in [1.54, 1.807) is 0 Å². The molecule has 1 aromatic rings. The van der Waals surface area contributed by atoms with Crippen molar-refractivity contribution in [3.8, 4) is 5.75 Å². The first-order valence-corrected chi connectivity index (χ1v) is 7.76. The lowest BCUT2D eigenvalue weighted by molar-refractivity contribution is -0.117. The smallest absolute Gasteiger partial charge is 0.339 e. The zero-order valence-corrected chi connectivity index (χ0v) is 11.7. The molecule has 2 rings (SSSR count). The highest BCUT2D eigenvalue weighted by molar-refractivity contribution is 7.89. The second-order valence-electron chi connectivity index (χ2n) is 4.88. The van der Waals surface area contributed by atoms with E-state index in [0.29, 0.717) is 0 Å². The van der Waals surface area contributed by atoms with Gasteiger partial charge in [0.2, 0.25) is 15.9 Å². The third kappa shape index (κ3) is 3.31. The predicted molar refractivity (Wildman–Crippen MR) is 73.5 cm³/mol. The molecule has 8 nitrogen and oxygen atoms in total. The van der Waals surface area contributed by atoms with Crippen molar-refractivity contribution in [3.05, 3.63) is 23.8 Å². The summed E-state index contributed by atoms with van der Waals surface area (Å²) in [6.07, 6.45) is -0.0207. The highest BCUT2D eigenvalue weighted by atomic mass is 32.2. The molecule has 0 radical (unpaired) electrons. The molecule has 1 aromatic carbocycles. The molecule has 1 heterocycles. The van der Waals surface area contributed by atoms with Crippen molar-refractivity contribution in [3.63, 3.8) is 0 Å². The molecule has 114 valence electrons. The minimum absolute atomic E-state index is 0.0207. The van der Waals surface area contributed by atoms with Crippen molar-refractivity contribution in [1.29, 1.82) is 0 Å². The van der Waals surface area contributed by atoms with E-state index in [1.165, 1.54) is 23.1 Å². The monoisotopic (exact) mass is 314 g/mol. The van der Waals surface area contributed by atoms with E-state index in [0.717, 1.165) is 0 Å². The molecule has 0 aromatic heterocycles. The van der Waals surface area contributed by atoms with Crippen LogP contribution in [0.5, 0.6) is 5.75 Å². The van der Waals surface area contributed by atoms with Crippen LogP contribution in [0.15, 0.2) is 18.2 Å². The molecule has 9 heteroatoms. The van der Waals surface area contributed by atoms with Crippen LogP contribution in [0.1, 0.15) is 16.8 Å². The minimum atomic E-state index is -3.70. The van der Waals surface area contributed by atoms with Gasteiger partial charge in [0.05, 0.1) is 11.4 Å². The summed E-state index contributed by atoms with van der Waals surface area (Å²) < 4.78 is 22.1. The third-order valence-corrected chi connectivity index (χ3v) is 4.15. The summed E-state index contributed by atoms with van der Waals surface area (Å²) in [7, 11) is -3.70. The van der Waals surface area contributed by atoms with Gasteiger partial charge in [-0.1, -0.05) is 6.07 Å². The van der Waals surface area contributed by atoms with Crippen LogP contribution in [0.25, 0.3) is 0 Å². The molecule has 0 saturated carbocycles. The van der Waals surface area contributed by atoms with Crippen LogP contribution in [0.3, 0.4) is 0 Å². The Morgan fingerprint density at radius 1 is 1.43 bits per heavy atom. The van der Waals surface area contributed by atoms with Crippen LogP contribution >= 0.6 is 0 Å². The van der Waals surface area contributed by atoms with Crippen molar-refractivity contribution < 1.29 is 28.2 Å². The summed E-state index contributed by atoms with van der Waals surface area (Å²) in [5.74, 6) is -3.05. The molecule has 1 atom stereocenters. The Morgan fingerprint density at radius 2 is 2.10 bits per heavy atom. The zero-order valence-electron chi connectivity index (χ0n) is 10.9. The number of primary sulfonamides is 1. The molecule has 1 fully saturated rings. The van der Waals surface area contributed by atoms with E-state index in [2.05, 4.69) is 0 Å². The van der Waals surface area contributed by atoms with Crippen molar-refractivity contribution in [2.24, 2.45) is 11.1 Å². The molecular formula is C12H14N2O6S. The average Bonchev–Trinajstić information content (AvgIpc) is 2.67.